The number of nitrogens with zero attached hydrogens (tertiary/aromatic N) is 5. The fraction of sp³-hybridized carbons (Fsp3) is 0.538. The van der Waals surface area contributed by atoms with Gasteiger partial charge in [-0.25, -0.2) is 5.43 Å². The van der Waals surface area contributed by atoms with Gasteiger partial charge in [0.2, 0.25) is 17.7 Å². The van der Waals surface area contributed by atoms with Crippen molar-refractivity contribution in [1.82, 2.24) is 40.4 Å². The van der Waals surface area contributed by atoms with Gasteiger partial charge in [-0.15, -0.1) is 0 Å². The molecule has 4 N–H and O–H groups in total. The lowest BCUT2D eigenvalue weighted by Gasteiger charge is -2.41. The molecule has 3 fully saturated rings. The molecule has 67 heavy (non-hydrogen) atoms. The summed E-state index contributed by atoms with van der Waals surface area (Å²) in [4.78, 5) is 79.2. The largest absolute Gasteiger partial charge is 0.508 e. The lowest BCUT2D eigenvalue weighted by atomic mass is 9.83. The van der Waals surface area contributed by atoms with Crippen LogP contribution in [0.5, 0.6) is 5.75 Å². The normalized spacial score (nSPS) is 23.5. The number of ether oxygens (including phenoxy) is 1. The van der Waals surface area contributed by atoms with Gasteiger partial charge in [-0.2, -0.15) is 0 Å². The second kappa shape index (κ2) is 18.7. The Kier molecular flexibility index (Phi) is 13.3. The van der Waals surface area contributed by atoms with Gasteiger partial charge in [-0.1, -0.05) is 53.7 Å². The number of likely N-dealkylation sites (N-methyl/N-ethyl adjacent to an activating group) is 1. The van der Waals surface area contributed by atoms with Gasteiger partial charge in [-0.3, -0.25) is 34.0 Å². The molecule has 0 aliphatic carbocycles. The third-order valence-corrected chi connectivity index (χ3v) is 14.2. The van der Waals surface area contributed by atoms with E-state index in [0.717, 1.165) is 44.5 Å². The van der Waals surface area contributed by atoms with Crippen LogP contribution < -0.4 is 16.1 Å². The highest BCUT2D eigenvalue weighted by atomic mass is 16.5. The van der Waals surface area contributed by atoms with Gasteiger partial charge in [0.1, 0.15) is 29.4 Å². The number of carbonyl (C=O) groups is 5. The SMILES string of the molecule is CCn1c(-c2cccnc2C(C)C)c2c3cc(ccc31)-c1cc(O)cc(c1)C[C@H](NC(=O)C(C(C)C)N(C)C(=O)[C@@]1(C)CCCN1C(=O)[C@H]1CN1)C(=O)N1CCC[C@H](N1)C(=O)OCC(C)(C)C2. The van der Waals surface area contributed by atoms with E-state index in [0.29, 0.717) is 57.3 Å². The van der Waals surface area contributed by atoms with E-state index in [9.17, 15) is 29.1 Å². The van der Waals surface area contributed by atoms with Gasteiger partial charge < -0.3 is 34.8 Å². The molecule has 6 heterocycles. The number of likely N-dealkylation sites (tertiary alicyclic amines) is 1. The molecule has 0 spiro atoms. The average Bonchev–Trinajstić information content (AvgIpc) is 4.01. The van der Waals surface area contributed by atoms with Crippen molar-refractivity contribution in [2.24, 2.45) is 11.3 Å². The Morgan fingerprint density at radius 2 is 1.78 bits per heavy atom. The number of benzene rings is 2. The highest BCUT2D eigenvalue weighted by Crippen LogP contribution is 2.42. The van der Waals surface area contributed by atoms with Crippen LogP contribution in [0, 0.1) is 11.3 Å². The van der Waals surface area contributed by atoms with Gasteiger partial charge in [0, 0.05) is 67.7 Å². The zero-order chi connectivity index (χ0) is 48.1. The Morgan fingerprint density at radius 1 is 1.01 bits per heavy atom. The second-order valence-corrected chi connectivity index (χ2v) is 20.7. The first kappa shape index (κ1) is 47.7. The molecule has 3 saturated heterocycles. The van der Waals surface area contributed by atoms with Crippen molar-refractivity contribution in [3.05, 3.63) is 71.5 Å². The number of cyclic esters (lactones) is 1. The summed E-state index contributed by atoms with van der Waals surface area (Å²) in [6, 6.07) is 12.4. The summed E-state index contributed by atoms with van der Waals surface area (Å²) >= 11 is 0. The van der Waals surface area contributed by atoms with Gasteiger partial charge in [0.25, 0.3) is 5.91 Å². The van der Waals surface area contributed by atoms with Crippen LogP contribution in [0.25, 0.3) is 33.3 Å². The molecule has 4 amide bonds. The zero-order valence-electron chi connectivity index (χ0n) is 40.6. The minimum Gasteiger partial charge on any atom is -0.508 e. The van der Waals surface area contributed by atoms with E-state index in [1.807, 2.05) is 38.2 Å². The third-order valence-electron chi connectivity index (χ3n) is 14.2. The fourth-order valence-electron chi connectivity index (χ4n) is 10.7. The van der Waals surface area contributed by atoms with E-state index >= 15 is 0 Å². The molecule has 4 aliphatic rings. The number of esters is 1. The molecule has 15 nitrogen and oxygen atoms in total. The van der Waals surface area contributed by atoms with Gasteiger partial charge >= 0.3 is 5.97 Å². The number of pyridine rings is 1. The topological polar surface area (TPSA) is 188 Å². The van der Waals surface area contributed by atoms with Gasteiger partial charge in [0.15, 0.2) is 0 Å². The summed E-state index contributed by atoms with van der Waals surface area (Å²) in [5, 5.41) is 19.9. The number of hydrogen-bond acceptors (Lipinski definition) is 10. The average molecular weight is 917 g/mol. The Balaban J connectivity index is 1.20. The minimum absolute atomic E-state index is 0.000707. The molecule has 2 aromatic carbocycles. The van der Waals surface area contributed by atoms with Crippen LogP contribution in [0.3, 0.4) is 0 Å². The maximum Gasteiger partial charge on any atom is 0.324 e. The van der Waals surface area contributed by atoms with E-state index in [-0.39, 0.29) is 55.0 Å². The van der Waals surface area contributed by atoms with Crippen LogP contribution in [0.15, 0.2) is 54.7 Å². The molecule has 358 valence electrons. The number of hydrazine groups is 1. The lowest BCUT2D eigenvalue weighted by Crippen LogP contribution is -2.64. The first-order valence-corrected chi connectivity index (χ1v) is 24.1. The first-order chi connectivity index (χ1) is 31.8. The number of phenols is 1. The van der Waals surface area contributed by atoms with E-state index in [4.69, 9.17) is 9.72 Å². The number of nitrogens with one attached hydrogen (secondary N) is 3. The van der Waals surface area contributed by atoms with Crippen molar-refractivity contribution in [2.75, 3.05) is 33.3 Å². The van der Waals surface area contributed by atoms with Gasteiger partial charge in [-0.05, 0) is 116 Å². The number of aryl methyl sites for hydroxylation is 1. The van der Waals surface area contributed by atoms with Crippen molar-refractivity contribution in [1.29, 1.82) is 0 Å². The molecule has 8 rings (SSSR count). The Morgan fingerprint density at radius 3 is 2.48 bits per heavy atom. The maximum atomic E-state index is 14.8. The lowest BCUT2D eigenvalue weighted by molar-refractivity contribution is -0.156. The van der Waals surface area contributed by atoms with Gasteiger partial charge in [0.05, 0.1) is 24.0 Å². The molecular weight excluding hydrogens is 849 g/mol. The van der Waals surface area contributed by atoms with Crippen LogP contribution >= 0.6 is 0 Å². The Hall–Kier alpha value is -5.80. The molecule has 4 aromatic rings. The smallest absolute Gasteiger partial charge is 0.324 e. The van der Waals surface area contributed by atoms with Crippen LogP contribution in [-0.4, -0.2) is 122 Å². The highest BCUT2D eigenvalue weighted by Gasteiger charge is 2.51. The standard InChI is InChI=1S/C52H68N8O7/c1-10-58-42-17-16-33-26-37(42)38(45(58)36-14-11-19-53-43(36)30(2)3)27-51(6,7)29-67-49(65)39-15-12-21-60(56-39)48(64)40(24-32-22-34(33)25-35(61)23-32)55-46(62)44(31(4)5)57(9)50(66)52(8)18-13-20-59(52)47(63)41-28-54-41/h11,14,16-17,19,22-23,25-26,30-31,39-41,44,54,56,61H,10,12-13,15,18,20-21,24,27-29H2,1-9H3,(H,55,62)/t39-,40-,41+,44?,52+/m0/s1. The van der Waals surface area contributed by atoms with Crippen LogP contribution in [0.4, 0.5) is 0 Å². The van der Waals surface area contributed by atoms with E-state index in [1.165, 1.54) is 9.91 Å². The van der Waals surface area contributed by atoms with E-state index in [2.05, 4.69) is 73.4 Å². The summed E-state index contributed by atoms with van der Waals surface area (Å²) in [5.41, 5.74) is 8.94. The highest BCUT2D eigenvalue weighted by molar-refractivity contribution is 5.98. The summed E-state index contributed by atoms with van der Waals surface area (Å²) < 4.78 is 8.46. The second-order valence-electron chi connectivity index (χ2n) is 20.7. The number of phenolic OH excluding ortho intramolecular Hbond substituents is 1. The number of amides is 4. The predicted octanol–water partition coefficient (Wildman–Crippen LogP) is 5.70. The Bertz CT molecular complexity index is 2580. The predicted molar refractivity (Wildman–Crippen MR) is 257 cm³/mol. The monoisotopic (exact) mass is 917 g/mol. The molecule has 1 unspecified atom stereocenters. The number of carbonyl (C=O) groups excluding carboxylic acids is 5. The quantitative estimate of drug-likeness (QED) is 0.120. The molecule has 15 heteroatoms. The number of hydrogen-bond donors (Lipinski definition) is 4. The first-order valence-electron chi connectivity index (χ1n) is 24.1. The molecular formula is C52H68N8O7. The third kappa shape index (κ3) is 9.41. The van der Waals surface area contributed by atoms with Crippen LogP contribution in [0.1, 0.15) is 104 Å². The summed E-state index contributed by atoms with van der Waals surface area (Å²) in [7, 11) is 1.59. The summed E-state index contributed by atoms with van der Waals surface area (Å²) in [5.74, 6) is -2.14. The van der Waals surface area contributed by atoms with Crippen molar-refractivity contribution in [2.45, 2.75) is 136 Å². The van der Waals surface area contributed by atoms with Crippen molar-refractivity contribution in [3.8, 4) is 28.1 Å². The van der Waals surface area contributed by atoms with Crippen molar-refractivity contribution >= 4 is 40.5 Å². The number of rotatable bonds is 9. The van der Waals surface area contributed by atoms with Crippen molar-refractivity contribution < 1.29 is 33.8 Å². The Labute approximate surface area is 394 Å². The van der Waals surface area contributed by atoms with Crippen LogP contribution in [0.2, 0.25) is 0 Å². The van der Waals surface area contributed by atoms with Crippen molar-refractivity contribution in [3.63, 3.8) is 0 Å². The maximum absolute atomic E-state index is 14.8. The molecule has 5 atom stereocenters. The number of aromatic hydroxyl groups is 1. The van der Waals surface area contributed by atoms with E-state index in [1.54, 1.807) is 31.0 Å². The molecule has 4 aliphatic heterocycles. The number of aromatic nitrogens is 2. The molecule has 2 aromatic heterocycles. The zero-order valence-corrected chi connectivity index (χ0v) is 40.6. The molecule has 0 radical (unpaired) electrons. The molecule has 6 bridgehead atoms. The van der Waals surface area contributed by atoms with E-state index < -0.39 is 46.9 Å². The number of fused-ring (bicyclic) bond motifs is 6. The summed E-state index contributed by atoms with van der Waals surface area (Å²) in [6.45, 7) is 18.2. The fourth-order valence-corrected chi connectivity index (χ4v) is 10.7. The van der Waals surface area contributed by atoms with Crippen LogP contribution in [-0.2, 0) is 48.1 Å². The molecule has 0 saturated carbocycles. The summed E-state index contributed by atoms with van der Waals surface area (Å²) in [6.07, 6.45) is 4.50. The minimum atomic E-state index is -1.17.